The minimum atomic E-state index is -0.706. The van der Waals surface area contributed by atoms with Crippen molar-refractivity contribution in [2.45, 2.75) is 31.8 Å². The molecular weight excluding hydrogens is 264 g/mol. The van der Waals surface area contributed by atoms with Crippen molar-refractivity contribution in [2.24, 2.45) is 0 Å². The first-order chi connectivity index (χ1) is 9.74. The Morgan fingerprint density at radius 2 is 2.30 bits per heavy atom. The van der Waals surface area contributed by atoms with Crippen LogP contribution in [-0.2, 0) is 4.74 Å². The van der Waals surface area contributed by atoms with Crippen molar-refractivity contribution in [3.63, 3.8) is 0 Å². The summed E-state index contributed by atoms with van der Waals surface area (Å²) in [5.74, 6) is 0.431. The van der Waals surface area contributed by atoms with E-state index in [1.807, 2.05) is 6.92 Å². The van der Waals surface area contributed by atoms with Crippen molar-refractivity contribution in [3.05, 3.63) is 12.7 Å². The molecule has 0 saturated carbocycles. The number of aromatic nitrogens is 4. The van der Waals surface area contributed by atoms with Crippen molar-refractivity contribution in [2.75, 3.05) is 13.2 Å². The summed E-state index contributed by atoms with van der Waals surface area (Å²) in [6.07, 6.45) is 1.64. The van der Waals surface area contributed by atoms with E-state index in [4.69, 9.17) is 14.6 Å². The molecule has 8 heteroatoms. The average molecular weight is 280 g/mol. The molecule has 2 N–H and O–H groups in total. The number of aliphatic hydroxyl groups is 2. The van der Waals surface area contributed by atoms with Gasteiger partial charge in [0.25, 0.3) is 0 Å². The van der Waals surface area contributed by atoms with Crippen LogP contribution in [0.4, 0.5) is 0 Å². The van der Waals surface area contributed by atoms with Gasteiger partial charge in [-0.1, -0.05) is 0 Å². The molecule has 3 rings (SSSR count). The highest BCUT2D eigenvalue weighted by Gasteiger charge is 2.35. The number of fused-ring (bicyclic) bond motifs is 1. The SMILES string of the molecule is CCOc1ncnc2ncn([C@H]3C[C@H](O)[C@@H](CO)O3)c12. The summed E-state index contributed by atoms with van der Waals surface area (Å²) in [7, 11) is 0. The lowest BCUT2D eigenvalue weighted by Crippen LogP contribution is -2.24. The van der Waals surface area contributed by atoms with Gasteiger partial charge in [0.1, 0.15) is 18.7 Å². The zero-order valence-corrected chi connectivity index (χ0v) is 11.0. The van der Waals surface area contributed by atoms with E-state index in [0.29, 0.717) is 30.1 Å². The average Bonchev–Trinajstić information content (AvgIpc) is 3.03. The third-order valence-corrected chi connectivity index (χ3v) is 3.31. The van der Waals surface area contributed by atoms with Crippen LogP contribution in [0, 0.1) is 0 Å². The molecule has 8 nitrogen and oxygen atoms in total. The Balaban J connectivity index is 2.00. The molecule has 0 unspecified atom stereocenters. The van der Waals surface area contributed by atoms with Gasteiger partial charge in [-0.15, -0.1) is 0 Å². The number of aliphatic hydroxyl groups excluding tert-OH is 2. The quantitative estimate of drug-likeness (QED) is 0.803. The summed E-state index contributed by atoms with van der Waals surface area (Å²) >= 11 is 0. The number of imidazole rings is 1. The minimum Gasteiger partial charge on any atom is -0.476 e. The lowest BCUT2D eigenvalue weighted by Gasteiger charge is -2.15. The number of rotatable bonds is 4. The first kappa shape index (κ1) is 13.2. The van der Waals surface area contributed by atoms with Gasteiger partial charge in [0.15, 0.2) is 11.2 Å². The topological polar surface area (TPSA) is 103 Å². The molecule has 108 valence electrons. The van der Waals surface area contributed by atoms with E-state index in [2.05, 4.69) is 15.0 Å². The fourth-order valence-corrected chi connectivity index (χ4v) is 2.36. The van der Waals surface area contributed by atoms with E-state index in [1.54, 1.807) is 10.9 Å². The summed E-state index contributed by atoms with van der Waals surface area (Å²) in [6, 6.07) is 0. The van der Waals surface area contributed by atoms with Crippen LogP contribution in [0.2, 0.25) is 0 Å². The predicted molar refractivity (Wildman–Crippen MR) is 68.1 cm³/mol. The van der Waals surface area contributed by atoms with Crippen molar-refractivity contribution < 1.29 is 19.7 Å². The van der Waals surface area contributed by atoms with Crippen LogP contribution in [0.25, 0.3) is 11.2 Å². The molecule has 2 aromatic heterocycles. The maximum atomic E-state index is 9.82. The van der Waals surface area contributed by atoms with Crippen molar-refractivity contribution in [1.29, 1.82) is 0 Å². The molecule has 1 aliphatic heterocycles. The zero-order chi connectivity index (χ0) is 14.1. The van der Waals surface area contributed by atoms with Gasteiger partial charge in [0, 0.05) is 6.42 Å². The maximum absolute atomic E-state index is 9.82. The molecule has 3 heterocycles. The van der Waals surface area contributed by atoms with E-state index < -0.39 is 18.4 Å². The highest BCUT2D eigenvalue weighted by Crippen LogP contribution is 2.32. The second-order valence-corrected chi connectivity index (χ2v) is 4.55. The van der Waals surface area contributed by atoms with Crippen molar-refractivity contribution in [1.82, 2.24) is 19.5 Å². The molecule has 20 heavy (non-hydrogen) atoms. The summed E-state index contributed by atoms with van der Waals surface area (Å²) in [6.45, 7) is 2.12. The Bertz CT molecular complexity index is 602. The van der Waals surface area contributed by atoms with Gasteiger partial charge in [-0.3, -0.25) is 4.57 Å². The summed E-state index contributed by atoms with van der Waals surface area (Å²) in [5, 5.41) is 19.0. The molecule has 0 radical (unpaired) electrons. The number of ether oxygens (including phenoxy) is 2. The molecule has 3 atom stereocenters. The third kappa shape index (κ3) is 2.11. The fourth-order valence-electron chi connectivity index (χ4n) is 2.36. The Kier molecular flexibility index (Phi) is 3.51. The standard InChI is InChI=1S/C12H16N4O4/c1-2-19-12-10-11(13-5-14-12)15-6-16(10)9-3-7(18)8(4-17)20-9/h5-9,17-18H,2-4H2,1H3/t7-,8+,9+/m0/s1. The molecule has 0 amide bonds. The number of hydrogen-bond acceptors (Lipinski definition) is 7. The Labute approximate surface area is 115 Å². The molecule has 0 aliphatic carbocycles. The van der Waals surface area contributed by atoms with Gasteiger partial charge in [0.2, 0.25) is 5.88 Å². The first-order valence-electron chi connectivity index (χ1n) is 6.49. The Hall–Kier alpha value is -1.77. The van der Waals surface area contributed by atoms with Crippen LogP contribution in [-0.4, -0.2) is 55.2 Å². The van der Waals surface area contributed by atoms with Crippen molar-refractivity contribution >= 4 is 11.2 Å². The molecule has 1 fully saturated rings. The van der Waals surface area contributed by atoms with Gasteiger partial charge in [-0.2, -0.15) is 4.98 Å². The van der Waals surface area contributed by atoms with Crippen LogP contribution >= 0.6 is 0 Å². The van der Waals surface area contributed by atoms with E-state index >= 15 is 0 Å². The largest absolute Gasteiger partial charge is 0.476 e. The molecule has 0 spiro atoms. The Morgan fingerprint density at radius 1 is 1.45 bits per heavy atom. The third-order valence-electron chi connectivity index (χ3n) is 3.31. The second kappa shape index (κ2) is 5.31. The van der Waals surface area contributed by atoms with Gasteiger partial charge in [-0.05, 0) is 6.92 Å². The Morgan fingerprint density at radius 3 is 3.00 bits per heavy atom. The monoisotopic (exact) mass is 280 g/mol. The summed E-state index contributed by atoms with van der Waals surface area (Å²) < 4.78 is 12.8. The van der Waals surface area contributed by atoms with Crippen LogP contribution in [0.5, 0.6) is 5.88 Å². The maximum Gasteiger partial charge on any atom is 0.243 e. The van der Waals surface area contributed by atoms with Gasteiger partial charge >= 0.3 is 0 Å². The van der Waals surface area contributed by atoms with Gasteiger partial charge in [-0.25, -0.2) is 9.97 Å². The number of nitrogens with zero attached hydrogens (tertiary/aromatic N) is 4. The fraction of sp³-hybridized carbons (Fsp3) is 0.583. The predicted octanol–water partition coefficient (Wildman–Crippen LogP) is -0.134. The van der Waals surface area contributed by atoms with E-state index in [1.165, 1.54) is 6.33 Å². The second-order valence-electron chi connectivity index (χ2n) is 4.55. The van der Waals surface area contributed by atoms with Crippen molar-refractivity contribution in [3.8, 4) is 5.88 Å². The lowest BCUT2D eigenvalue weighted by atomic mass is 10.2. The highest BCUT2D eigenvalue weighted by molar-refractivity contribution is 5.76. The zero-order valence-electron chi connectivity index (χ0n) is 11.0. The van der Waals surface area contributed by atoms with Crippen LogP contribution in [0.3, 0.4) is 0 Å². The van der Waals surface area contributed by atoms with Crippen LogP contribution in [0.15, 0.2) is 12.7 Å². The minimum absolute atomic E-state index is 0.223. The summed E-state index contributed by atoms with van der Waals surface area (Å²) in [5.41, 5.74) is 1.14. The van der Waals surface area contributed by atoms with E-state index in [9.17, 15) is 5.11 Å². The molecular formula is C12H16N4O4. The normalized spacial score (nSPS) is 26.2. The molecule has 0 bridgehead atoms. The molecule has 1 saturated heterocycles. The van der Waals surface area contributed by atoms with Gasteiger partial charge < -0.3 is 19.7 Å². The van der Waals surface area contributed by atoms with Gasteiger partial charge in [0.05, 0.1) is 25.6 Å². The number of hydrogen-bond donors (Lipinski definition) is 2. The molecule has 2 aromatic rings. The van der Waals surface area contributed by atoms with E-state index in [0.717, 1.165) is 0 Å². The molecule has 1 aliphatic rings. The summed E-state index contributed by atoms with van der Waals surface area (Å²) in [4.78, 5) is 12.4. The van der Waals surface area contributed by atoms with Crippen LogP contribution in [0.1, 0.15) is 19.6 Å². The smallest absolute Gasteiger partial charge is 0.243 e. The molecule has 0 aromatic carbocycles. The van der Waals surface area contributed by atoms with E-state index in [-0.39, 0.29) is 6.61 Å². The lowest BCUT2D eigenvalue weighted by molar-refractivity contribution is -0.0431. The first-order valence-corrected chi connectivity index (χ1v) is 6.49. The highest BCUT2D eigenvalue weighted by atomic mass is 16.5. The van der Waals surface area contributed by atoms with Crippen LogP contribution < -0.4 is 4.74 Å².